The maximum Gasteiger partial charge on any atom is 0.275 e. The standard InChI is InChI=1S/C30H24ClN9O3S/c31-20-11-16-25-24(17-20)26(27(41)40(25)18-19-7-3-1-4-8-19)38-39-30-36-28(33-21-9-5-2-6-10-21)35-29(37-30)34-22-12-14-23(15-13-22)44(32,42)43/h1-17,41H,18H2,(H2,32,42,43)(H2,33,34,35,36,37). The van der Waals surface area contributed by atoms with Gasteiger partial charge >= 0.3 is 0 Å². The summed E-state index contributed by atoms with van der Waals surface area (Å²) in [5.41, 5.74) is 3.12. The van der Waals surface area contributed by atoms with Crippen LogP contribution in [0.15, 0.2) is 118 Å². The average molecular weight is 626 g/mol. The fourth-order valence-corrected chi connectivity index (χ4v) is 5.13. The van der Waals surface area contributed by atoms with Gasteiger partial charge in [0.2, 0.25) is 27.8 Å². The van der Waals surface area contributed by atoms with Crippen LogP contribution in [0.1, 0.15) is 5.56 Å². The second-order valence-corrected chi connectivity index (χ2v) is 11.6. The Hall–Kier alpha value is -5.37. The summed E-state index contributed by atoms with van der Waals surface area (Å²) in [6.07, 6.45) is 0. The van der Waals surface area contributed by atoms with Crippen LogP contribution in [0.4, 0.5) is 34.9 Å². The van der Waals surface area contributed by atoms with E-state index in [4.69, 9.17) is 16.7 Å². The number of halogens is 1. The van der Waals surface area contributed by atoms with E-state index in [0.29, 0.717) is 22.6 Å². The minimum absolute atomic E-state index is 0.0362. The van der Waals surface area contributed by atoms with Crippen molar-refractivity contribution in [3.05, 3.63) is 114 Å². The number of nitrogens with two attached hydrogens (primary N) is 1. The van der Waals surface area contributed by atoms with Crippen LogP contribution >= 0.6 is 11.6 Å². The number of primary sulfonamides is 1. The van der Waals surface area contributed by atoms with Crippen molar-refractivity contribution in [3.8, 4) is 5.88 Å². The largest absolute Gasteiger partial charge is 0.493 e. The van der Waals surface area contributed by atoms with Crippen molar-refractivity contribution in [2.75, 3.05) is 10.6 Å². The molecule has 6 aromatic rings. The highest BCUT2D eigenvalue weighted by molar-refractivity contribution is 7.89. The molecule has 0 saturated heterocycles. The Morgan fingerprint density at radius 3 is 2.05 bits per heavy atom. The number of para-hydroxylation sites is 1. The van der Waals surface area contributed by atoms with Gasteiger partial charge in [-0.1, -0.05) is 60.1 Å². The Kier molecular flexibility index (Phi) is 7.89. The fourth-order valence-electron chi connectivity index (χ4n) is 4.44. The molecule has 12 nitrogen and oxygen atoms in total. The first kappa shape index (κ1) is 28.7. The van der Waals surface area contributed by atoms with Crippen LogP contribution in [0, 0.1) is 0 Å². The molecule has 4 aromatic carbocycles. The van der Waals surface area contributed by atoms with Gasteiger partial charge in [-0.2, -0.15) is 15.0 Å². The molecule has 0 aliphatic heterocycles. The molecule has 14 heteroatoms. The van der Waals surface area contributed by atoms with Crippen LogP contribution in [0.25, 0.3) is 10.9 Å². The van der Waals surface area contributed by atoms with Gasteiger partial charge in [-0.25, -0.2) is 13.6 Å². The molecule has 0 unspecified atom stereocenters. The molecule has 0 amide bonds. The van der Waals surface area contributed by atoms with E-state index in [9.17, 15) is 13.5 Å². The van der Waals surface area contributed by atoms with Gasteiger partial charge in [0.1, 0.15) is 0 Å². The van der Waals surface area contributed by atoms with Crippen molar-refractivity contribution in [1.29, 1.82) is 0 Å². The summed E-state index contributed by atoms with van der Waals surface area (Å²) in [6.45, 7) is 0.398. The molecule has 0 aliphatic rings. The van der Waals surface area contributed by atoms with Crippen molar-refractivity contribution < 1.29 is 13.5 Å². The van der Waals surface area contributed by atoms with E-state index in [2.05, 4.69) is 35.8 Å². The monoisotopic (exact) mass is 625 g/mol. The van der Waals surface area contributed by atoms with Gasteiger partial charge in [-0.15, -0.1) is 10.2 Å². The molecular formula is C30H24ClN9O3S. The van der Waals surface area contributed by atoms with E-state index in [1.54, 1.807) is 16.7 Å². The molecule has 0 radical (unpaired) electrons. The van der Waals surface area contributed by atoms with Crippen LogP contribution in [-0.2, 0) is 16.6 Å². The number of anilines is 4. The molecule has 0 aliphatic carbocycles. The number of aromatic hydroxyl groups is 1. The highest BCUT2D eigenvalue weighted by atomic mass is 35.5. The number of rotatable bonds is 9. The molecule has 44 heavy (non-hydrogen) atoms. The zero-order valence-corrected chi connectivity index (χ0v) is 24.4. The predicted octanol–water partition coefficient (Wildman–Crippen LogP) is 6.78. The van der Waals surface area contributed by atoms with Gasteiger partial charge in [0.25, 0.3) is 5.95 Å². The molecule has 5 N–H and O–H groups in total. The normalized spacial score (nSPS) is 11.7. The molecule has 0 atom stereocenters. The number of aromatic nitrogens is 4. The number of sulfonamides is 1. The minimum Gasteiger partial charge on any atom is -0.493 e. The number of hydrogen-bond donors (Lipinski definition) is 4. The lowest BCUT2D eigenvalue weighted by Gasteiger charge is -2.09. The summed E-state index contributed by atoms with van der Waals surface area (Å²) in [4.78, 5) is 13.1. The number of nitrogens with one attached hydrogen (secondary N) is 2. The Balaban J connectivity index is 1.38. The third-order valence-electron chi connectivity index (χ3n) is 6.49. The maximum atomic E-state index is 11.6. The first-order valence-corrected chi connectivity index (χ1v) is 15.1. The van der Waals surface area contributed by atoms with E-state index < -0.39 is 10.0 Å². The molecule has 0 bridgehead atoms. The van der Waals surface area contributed by atoms with Gasteiger partial charge in [0.05, 0.1) is 17.0 Å². The van der Waals surface area contributed by atoms with Crippen molar-refractivity contribution in [3.63, 3.8) is 0 Å². The second-order valence-electron chi connectivity index (χ2n) is 9.57. The smallest absolute Gasteiger partial charge is 0.275 e. The fraction of sp³-hybridized carbons (Fsp3) is 0.0333. The van der Waals surface area contributed by atoms with E-state index >= 15 is 0 Å². The predicted molar refractivity (Wildman–Crippen MR) is 169 cm³/mol. The highest BCUT2D eigenvalue weighted by Gasteiger charge is 2.18. The van der Waals surface area contributed by atoms with Crippen LogP contribution < -0.4 is 15.8 Å². The average Bonchev–Trinajstić information content (AvgIpc) is 3.26. The number of nitrogens with zero attached hydrogens (tertiary/aromatic N) is 6. The Bertz CT molecular complexity index is 2090. The van der Waals surface area contributed by atoms with Crippen molar-refractivity contribution in [2.24, 2.45) is 15.4 Å². The molecule has 0 spiro atoms. The molecule has 2 heterocycles. The topological polar surface area (TPSA) is 173 Å². The van der Waals surface area contributed by atoms with Crippen molar-refractivity contribution in [1.82, 2.24) is 19.5 Å². The summed E-state index contributed by atoms with van der Waals surface area (Å²) in [6, 6.07) is 30.0. The molecule has 6 rings (SSSR count). The molecular weight excluding hydrogens is 602 g/mol. The van der Waals surface area contributed by atoms with Crippen molar-refractivity contribution in [2.45, 2.75) is 11.4 Å². The van der Waals surface area contributed by atoms with E-state index in [1.807, 2.05) is 66.7 Å². The van der Waals surface area contributed by atoms with E-state index in [0.717, 1.165) is 16.8 Å². The van der Waals surface area contributed by atoms with Gasteiger partial charge in [0.15, 0.2) is 5.69 Å². The lowest BCUT2D eigenvalue weighted by atomic mass is 10.2. The van der Waals surface area contributed by atoms with E-state index in [1.165, 1.54) is 24.3 Å². The SMILES string of the molecule is NS(=O)(=O)c1ccc(Nc2nc(N=Nc3c(O)n(Cc4ccccc4)c4ccc(Cl)cc34)nc(Nc3ccccc3)n2)cc1. The summed E-state index contributed by atoms with van der Waals surface area (Å²) in [5.74, 6) is 0.115. The lowest BCUT2D eigenvalue weighted by molar-refractivity contribution is 0.429. The van der Waals surface area contributed by atoms with Gasteiger partial charge < -0.3 is 20.3 Å². The Morgan fingerprint density at radius 1 is 0.795 bits per heavy atom. The van der Waals surface area contributed by atoms with Gasteiger partial charge in [-0.05, 0) is 60.2 Å². The molecule has 2 aromatic heterocycles. The van der Waals surface area contributed by atoms with Crippen LogP contribution in [0.3, 0.4) is 0 Å². The third kappa shape index (κ3) is 6.49. The third-order valence-corrected chi connectivity index (χ3v) is 7.65. The first-order valence-electron chi connectivity index (χ1n) is 13.2. The van der Waals surface area contributed by atoms with Gasteiger partial charge in [-0.3, -0.25) is 0 Å². The van der Waals surface area contributed by atoms with Crippen LogP contribution in [0.5, 0.6) is 5.88 Å². The van der Waals surface area contributed by atoms with E-state index in [-0.39, 0.29) is 34.3 Å². The van der Waals surface area contributed by atoms with Crippen LogP contribution in [-0.4, -0.2) is 33.0 Å². The quantitative estimate of drug-likeness (QED) is 0.127. The molecule has 220 valence electrons. The summed E-state index contributed by atoms with van der Waals surface area (Å²) < 4.78 is 25.0. The molecule has 0 saturated carbocycles. The summed E-state index contributed by atoms with van der Waals surface area (Å²) >= 11 is 6.31. The number of fused-ring (bicyclic) bond motifs is 1. The summed E-state index contributed by atoms with van der Waals surface area (Å²) in [5, 5.41) is 32.3. The van der Waals surface area contributed by atoms with Crippen LogP contribution in [0.2, 0.25) is 5.02 Å². The number of benzene rings is 4. The maximum absolute atomic E-state index is 11.6. The number of hydrogen-bond acceptors (Lipinski definition) is 10. The Morgan fingerprint density at radius 2 is 1.41 bits per heavy atom. The summed E-state index contributed by atoms with van der Waals surface area (Å²) in [7, 11) is -3.85. The zero-order chi connectivity index (χ0) is 30.7. The van der Waals surface area contributed by atoms with Crippen molar-refractivity contribution >= 4 is 67.4 Å². The first-order chi connectivity index (χ1) is 21.2. The molecule has 0 fully saturated rings. The minimum atomic E-state index is -3.85. The lowest BCUT2D eigenvalue weighted by Crippen LogP contribution is -2.11. The van der Waals surface area contributed by atoms with Gasteiger partial charge in [0, 0.05) is 21.8 Å². The highest BCUT2D eigenvalue weighted by Crippen LogP contribution is 2.41. The zero-order valence-electron chi connectivity index (χ0n) is 22.8. The number of azo groups is 1. The Labute approximate surface area is 257 Å². The second kappa shape index (κ2) is 12.1.